The number of hydrogen-bond acceptors (Lipinski definition) is 4. The summed E-state index contributed by atoms with van der Waals surface area (Å²) in [6.07, 6.45) is 1.81. The number of halogens is 1. The lowest BCUT2D eigenvalue weighted by Crippen LogP contribution is -2.37. The van der Waals surface area contributed by atoms with Gasteiger partial charge in [0.2, 0.25) is 0 Å². The molecule has 0 bridgehead atoms. The first kappa shape index (κ1) is 15.5. The van der Waals surface area contributed by atoms with Crippen molar-refractivity contribution < 1.29 is 13.2 Å². The topological polar surface area (TPSA) is 66.8 Å². The molecule has 5 nitrogen and oxygen atoms in total. The number of fused-ring (bicyclic) bond motifs is 1. The number of hydrogen-bond donors (Lipinski definition) is 0. The van der Waals surface area contributed by atoms with Crippen molar-refractivity contribution in [3.8, 4) is 0 Å². The lowest BCUT2D eigenvalue weighted by Gasteiger charge is -2.24. The van der Waals surface area contributed by atoms with E-state index in [1.54, 1.807) is 12.1 Å². The summed E-state index contributed by atoms with van der Waals surface area (Å²) in [4.78, 5) is 18.3. The van der Waals surface area contributed by atoms with Gasteiger partial charge in [-0.3, -0.25) is 4.79 Å². The molecule has 0 unspecified atom stereocenters. The Morgan fingerprint density at radius 2 is 1.91 bits per heavy atom. The van der Waals surface area contributed by atoms with Crippen molar-refractivity contribution in [1.29, 1.82) is 0 Å². The predicted molar refractivity (Wildman–Crippen MR) is 92.9 cm³/mol. The second-order valence-electron chi connectivity index (χ2n) is 6.15. The largest absolute Gasteiger partial charge is 0.316 e. The number of carbonyl (C=O) groups is 1. The van der Waals surface area contributed by atoms with Crippen LogP contribution in [0.1, 0.15) is 12.8 Å². The molecule has 0 N–H and O–H groups in total. The van der Waals surface area contributed by atoms with E-state index in [2.05, 4.69) is 4.99 Å². The van der Waals surface area contributed by atoms with Crippen LogP contribution in [-0.4, -0.2) is 42.3 Å². The van der Waals surface area contributed by atoms with Crippen LogP contribution in [0.25, 0.3) is 0 Å². The van der Waals surface area contributed by atoms with Crippen molar-refractivity contribution in [2.45, 2.75) is 24.1 Å². The van der Waals surface area contributed by atoms with Gasteiger partial charge < -0.3 is 4.90 Å². The standard InChI is InChI=1S/C15H15ClN2O3S2/c16-10-3-5-11(6-4-10)18-12-7-23(20,21)8-13(12)22-15(18)17-14(19)9-1-2-9/h3-6,9,12-13H,1-2,7-8H2/t12-,13+/m0/s1. The fraction of sp³-hybridized carbons (Fsp3) is 0.467. The van der Waals surface area contributed by atoms with E-state index in [9.17, 15) is 13.2 Å². The molecule has 1 saturated carbocycles. The van der Waals surface area contributed by atoms with Crippen LogP contribution in [0.2, 0.25) is 5.02 Å². The Labute approximate surface area is 144 Å². The first-order valence-electron chi connectivity index (χ1n) is 7.47. The molecule has 3 aliphatic rings. The van der Waals surface area contributed by atoms with Gasteiger partial charge in [0.25, 0.3) is 5.91 Å². The maximum Gasteiger partial charge on any atom is 0.251 e. The third-order valence-electron chi connectivity index (χ3n) is 4.30. The van der Waals surface area contributed by atoms with Crippen LogP contribution in [0.3, 0.4) is 0 Å². The van der Waals surface area contributed by atoms with Crippen LogP contribution in [0.15, 0.2) is 29.3 Å². The van der Waals surface area contributed by atoms with Gasteiger partial charge in [0.05, 0.1) is 17.5 Å². The van der Waals surface area contributed by atoms with E-state index in [0.29, 0.717) is 10.2 Å². The second-order valence-corrected chi connectivity index (χ2v) is 9.95. The molecule has 2 atom stereocenters. The average molecular weight is 371 g/mol. The molecule has 1 aromatic rings. The van der Waals surface area contributed by atoms with Crippen LogP contribution >= 0.6 is 23.4 Å². The highest BCUT2D eigenvalue weighted by molar-refractivity contribution is 8.16. The molecule has 4 rings (SSSR count). The van der Waals surface area contributed by atoms with Crippen molar-refractivity contribution in [2.75, 3.05) is 16.4 Å². The molecule has 8 heteroatoms. The van der Waals surface area contributed by atoms with Gasteiger partial charge in [-0.1, -0.05) is 23.4 Å². The summed E-state index contributed by atoms with van der Waals surface area (Å²) < 4.78 is 23.9. The Bertz CT molecular complexity index is 787. The second kappa shape index (κ2) is 5.50. The lowest BCUT2D eigenvalue weighted by atomic mass is 10.2. The summed E-state index contributed by atoms with van der Waals surface area (Å²) in [7, 11) is -3.04. The highest BCUT2D eigenvalue weighted by atomic mass is 35.5. The van der Waals surface area contributed by atoms with Crippen LogP contribution in [0.4, 0.5) is 5.69 Å². The molecule has 0 aromatic heterocycles. The number of nitrogens with zero attached hydrogens (tertiary/aromatic N) is 2. The molecule has 1 aliphatic carbocycles. The fourth-order valence-electron chi connectivity index (χ4n) is 2.98. The number of aliphatic imine (C=N–C) groups is 1. The third kappa shape index (κ3) is 3.02. The van der Waals surface area contributed by atoms with Gasteiger partial charge in [-0.2, -0.15) is 4.99 Å². The molecule has 2 saturated heterocycles. The minimum atomic E-state index is -3.04. The van der Waals surface area contributed by atoms with Crippen LogP contribution in [0.5, 0.6) is 0 Å². The SMILES string of the molecule is O=C(N=C1S[C@@H]2CS(=O)(=O)C[C@@H]2N1c1ccc(Cl)cc1)C1CC1. The van der Waals surface area contributed by atoms with Crippen molar-refractivity contribution >= 4 is 50.0 Å². The van der Waals surface area contributed by atoms with E-state index in [0.717, 1.165) is 18.5 Å². The minimum absolute atomic E-state index is 0.0549. The van der Waals surface area contributed by atoms with Gasteiger partial charge in [0.1, 0.15) is 0 Å². The highest BCUT2D eigenvalue weighted by Gasteiger charge is 2.49. The Morgan fingerprint density at radius 1 is 1.22 bits per heavy atom. The molecule has 2 aliphatic heterocycles. The van der Waals surface area contributed by atoms with Gasteiger partial charge in [-0.25, -0.2) is 8.42 Å². The monoisotopic (exact) mass is 370 g/mol. The average Bonchev–Trinajstić information content (AvgIpc) is 3.22. The number of carbonyl (C=O) groups excluding carboxylic acids is 1. The molecule has 23 heavy (non-hydrogen) atoms. The van der Waals surface area contributed by atoms with E-state index >= 15 is 0 Å². The molecule has 0 spiro atoms. The Balaban J connectivity index is 1.71. The van der Waals surface area contributed by atoms with Gasteiger partial charge in [-0.05, 0) is 37.1 Å². The first-order chi connectivity index (χ1) is 10.9. The molecule has 1 aromatic carbocycles. The number of thioether (sulfide) groups is 1. The summed E-state index contributed by atoms with van der Waals surface area (Å²) in [5.41, 5.74) is 0.828. The number of anilines is 1. The summed E-state index contributed by atoms with van der Waals surface area (Å²) in [6.45, 7) is 0. The van der Waals surface area contributed by atoms with Crippen molar-refractivity contribution in [3.05, 3.63) is 29.3 Å². The zero-order valence-electron chi connectivity index (χ0n) is 12.2. The molecule has 3 fully saturated rings. The third-order valence-corrected chi connectivity index (χ3v) is 7.77. The minimum Gasteiger partial charge on any atom is -0.316 e. The van der Waals surface area contributed by atoms with Crippen LogP contribution in [0, 0.1) is 5.92 Å². The van der Waals surface area contributed by atoms with Crippen molar-refractivity contribution in [3.63, 3.8) is 0 Å². The normalized spacial score (nSPS) is 30.7. The van der Waals surface area contributed by atoms with Gasteiger partial charge in [0.15, 0.2) is 15.0 Å². The maximum atomic E-state index is 12.1. The number of amidine groups is 1. The van der Waals surface area contributed by atoms with Crippen molar-refractivity contribution in [2.24, 2.45) is 10.9 Å². The fourth-order valence-corrected chi connectivity index (χ4v) is 7.03. The van der Waals surface area contributed by atoms with Crippen LogP contribution in [-0.2, 0) is 14.6 Å². The summed E-state index contributed by atoms with van der Waals surface area (Å²) in [5, 5.41) is 1.17. The molecule has 122 valence electrons. The predicted octanol–water partition coefficient (Wildman–Crippen LogP) is 2.35. The zero-order valence-corrected chi connectivity index (χ0v) is 14.6. The Morgan fingerprint density at radius 3 is 2.57 bits per heavy atom. The van der Waals surface area contributed by atoms with E-state index in [-0.39, 0.29) is 34.6 Å². The highest BCUT2D eigenvalue weighted by Crippen LogP contribution is 2.41. The maximum absolute atomic E-state index is 12.1. The molecule has 1 amide bonds. The Hall–Kier alpha value is -1.05. The smallest absolute Gasteiger partial charge is 0.251 e. The summed E-state index contributed by atoms with van der Waals surface area (Å²) in [6, 6.07) is 7.04. The van der Waals surface area contributed by atoms with E-state index in [1.165, 1.54) is 11.8 Å². The van der Waals surface area contributed by atoms with E-state index in [1.807, 2.05) is 17.0 Å². The van der Waals surface area contributed by atoms with Gasteiger partial charge in [-0.15, -0.1) is 0 Å². The number of rotatable bonds is 2. The first-order valence-corrected chi connectivity index (χ1v) is 10.6. The molecule has 0 radical (unpaired) electrons. The van der Waals surface area contributed by atoms with Gasteiger partial charge in [0, 0.05) is 21.9 Å². The molecular formula is C15H15ClN2O3S2. The molecular weight excluding hydrogens is 356 g/mol. The van der Waals surface area contributed by atoms with Crippen molar-refractivity contribution in [1.82, 2.24) is 0 Å². The van der Waals surface area contributed by atoms with E-state index < -0.39 is 9.84 Å². The van der Waals surface area contributed by atoms with E-state index in [4.69, 9.17) is 11.6 Å². The summed E-state index contributed by atoms with van der Waals surface area (Å²) in [5.74, 6) is 0.209. The zero-order chi connectivity index (χ0) is 16.2. The van der Waals surface area contributed by atoms with Gasteiger partial charge >= 0.3 is 0 Å². The quantitative estimate of drug-likeness (QED) is 0.799. The summed E-state index contributed by atoms with van der Waals surface area (Å²) >= 11 is 7.35. The number of benzene rings is 1. The number of amides is 1. The number of sulfone groups is 1. The van der Waals surface area contributed by atoms with Crippen LogP contribution < -0.4 is 4.90 Å². The lowest BCUT2D eigenvalue weighted by molar-refractivity contribution is -0.118. The molecule has 2 heterocycles. The Kier molecular flexibility index (Phi) is 3.70.